The number of nitrogens with zero attached hydrogens (tertiary/aromatic N) is 3. The number of nitrogens with one attached hydrogen (secondary N) is 2. The molecule has 1 aromatic carbocycles. The Hall–Kier alpha value is -3.62. The summed E-state index contributed by atoms with van der Waals surface area (Å²) in [6.45, 7) is 4.68. The molecule has 2 aromatic rings. The smallest absolute Gasteiger partial charge is 0.339 e. The maximum atomic E-state index is 13.1. The summed E-state index contributed by atoms with van der Waals surface area (Å²) in [5.74, 6) is 0.324. The third kappa shape index (κ3) is 6.00. The minimum atomic E-state index is -0.383. The predicted octanol–water partition coefficient (Wildman–Crippen LogP) is 2.89. The average Bonchev–Trinajstić information content (AvgIpc) is 3.66. The van der Waals surface area contributed by atoms with Gasteiger partial charge in [0.05, 0.1) is 12.2 Å². The molecule has 2 aliphatic rings. The molecule has 1 saturated carbocycles. The number of esters is 1. The van der Waals surface area contributed by atoms with Gasteiger partial charge in [0.2, 0.25) is 0 Å². The number of pyridine rings is 1. The summed E-state index contributed by atoms with van der Waals surface area (Å²) in [4.78, 5) is 45.3. The summed E-state index contributed by atoms with van der Waals surface area (Å²) in [5, 5.41) is 5.68. The van der Waals surface area contributed by atoms with Crippen molar-refractivity contribution >= 4 is 29.4 Å². The Morgan fingerprint density at radius 1 is 1.06 bits per heavy atom. The van der Waals surface area contributed by atoms with Gasteiger partial charge in [-0.3, -0.25) is 4.79 Å². The lowest BCUT2D eigenvalue weighted by Gasteiger charge is -2.23. The number of aromatic nitrogens is 1. The Bertz CT molecular complexity index is 1010. The van der Waals surface area contributed by atoms with Gasteiger partial charge in [0.25, 0.3) is 5.91 Å². The van der Waals surface area contributed by atoms with Crippen molar-refractivity contribution in [2.75, 3.05) is 43.0 Å². The van der Waals surface area contributed by atoms with E-state index in [1.807, 2.05) is 11.0 Å². The molecule has 0 radical (unpaired) electrons. The number of carbonyl (C=O) groups is 3. The predicted molar refractivity (Wildman–Crippen MR) is 125 cm³/mol. The maximum Gasteiger partial charge on any atom is 0.339 e. The standard InChI is InChI=1S/C24H29N5O4/c1-2-33-23(31)18-7-10-21(25-16-18)28-11-4-12-29(14-13-28)22(30)17-5-3-6-20(15-17)27-24(32)26-19-8-9-19/h3,5-7,10,15-16,19H,2,4,8-9,11-14H2,1H3,(H2,26,27,32). The maximum absolute atomic E-state index is 13.1. The Labute approximate surface area is 193 Å². The second kappa shape index (κ2) is 10.3. The molecule has 2 N–H and O–H groups in total. The fraction of sp³-hybridized carbons (Fsp3) is 0.417. The Balaban J connectivity index is 1.35. The first kappa shape index (κ1) is 22.6. The lowest BCUT2D eigenvalue weighted by atomic mass is 10.1. The fourth-order valence-corrected chi connectivity index (χ4v) is 3.75. The van der Waals surface area contributed by atoms with Gasteiger partial charge in [-0.2, -0.15) is 0 Å². The molecule has 1 aromatic heterocycles. The van der Waals surface area contributed by atoms with Crippen LogP contribution in [-0.4, -0.2) is 66.6 Å². The van der Waals surface area contributed by atoms with Crippen molar-refractivity contribution < 1.29 is 19.1 Å². The van der Waals surface area contributed by atoms with E-state index >= 15 is 0 Å². The Kier molecular flexibility index (Phi) is 7.07. The highest BCUT2D eigenvalue weighted by Gasteiger charge is 2.24. The Morgan fingerprint density at radius 2 is 1.91 bits per heavy atom. The highest BCUT2D eigenvalue weighted by molar-refractivity contribution is 5.97. The van der Waals surface area contributed by atoms with Gasteiger partial charge in [-0.1, -0.05) is 6.07 Å². The molecule has 1 aliphatic heterocycles. The van der Waals surface area contributed by atoms with Gasteiger partial charge < -0.3 is 25.2 Å². The van der Waals surface area contributed by atoms with E-state index in [-0.39, 0.29) is 23.9 Å². The molecule has 0 atom stereocenters. The molecular formula is C24H29N5O4. The average molecular weight is 452 g/mol. The minimum absolute atomic E-state index is 0.0614. The van der Waals surface area contributed by atoms with Crippen LogP contribution in [0.25, 0.3) is 0 Å². The first-order valence-electron chi connectivity index (χ1n) is 11.4. The number of amides is 3. The van der Waals surface area contributed by atoms with E-state index in [9.17, 15) is 14.4 Å². The van der Waals surface area contributed by atoms with E-state index in [0.717, 1.165) is 31.6 Å². The molecule has 0 unspecified atom stereocenters. The van der Waals surface area contributed by atoms with Crippen LogP contribution >= 0.6 is 0 Å². The van der Waals surface area contributed by atoms with E-state index in [2.05, 4.69) is 20.5 Å². The summed E-state index contributed by atoms with van der Waals surface area (Å²) >= 11 is 0. The van der Waals surface area contributed by atoms with Gasteiger partial charge in [-0.25, -0.2) is 14.6 Å². The summed E-state index contributed by atoms with van der Waals surface area (Å²) < 4.78 is 5.00. The highest BCUT2D eigenvalue weighted by atomic mass is 16.5. The van der Waals surface area contributed by atoms with Crippen LogP contribution in [0.15, 0.2) is 42.6 Å². The van der Waals surface area contributed by atoms with Crippen LogP contribution in [0.1, 0.15) is 46.9 Å². The summed E-state index contributed by atoms with van der Waals surface area (Å²) in [5.41, 5.74) is 1.57. The van der Waals surface area contributed by atoms with E-state index in [1.54, 1.807) is 37.3 Å². The van der Waals surface area contributed by atoms with Gasteiger partial charge in [0, 0.05) is 49.7 Å². The normalized spacial score (nSPS) is 16.0. The van der Waals surface area contributed by atoms with Crippen molar-refractivity contribution in [3.63, 3.8) is 0 Å². The molecule has 2 heterocycles. The number of urea groups is 1. The van der Waals surface area contributed by atoms with Gasteiger partial charge in [-0.05, 0) is 56.5 Å². The molecule has 9 nitrogen and oxygen atoms in total. The summed E-state index contributed by atoms with van der Waals surface area (Å²) in [6, 6.07) is 10.6. The number of hydrogen-bond donors (Lipinski definition) is 2. The molecule has 1 aliphatic carbocycles. The van der Waals surface area contributed by atoms with Crippen LogP contribution in [0.4, 0.5) is 16.3 Å². The summed E-state index contributed by atoms with van der Waals surface area (Å²) in [7, 11) is 0. The molecule has 33 heavy (non-hydrogen) atoms. The van der Waals surface area contributed by atoms with Crippen LogP contribution in [-0.2, 0) is 4.74 Å². The number of hydrogen-bond acceptors (Lipinski definition) is 6. The number of carbonyl (C=O) groups excluding carboxylic acids is 3. The minimum Gasteiger partial charge on any atom is -0.462 e. The van der Waals surface area contributed by atoms with E-state index in [0.29, 0.717) is 43.1 Å². The second-order valence-electron chi connectivity index (χ2n) is 8.21. The molecule has 4 rings (SSSR count). The van der Waals surface area contributed by atoms with E-state index in [4.69, 9.17) is 4.74 Å². The van der Waals surface area contributed by atoms with Gasteiger partial charge in [0.15, 0.2) is 0 Å². The quantitative estimate of drug-likeness (QED) is 0.655. The largest absolute Gasteiger partial charge is 0.462 e. The Morgan fingerprint density at radius 3 is 2.64 bits per heavy atom. The monoisotopic (exact) mass is 451 g/mol. The van der Waals surface area contributed by atoms with Crippen LogP contribution in [0, 0.1) is 0 Å². The zero-order chi connectivity index (χ0) is 23.2. The number of rotatable bonds is 6. The van der Waals surface area contributed by atoms with E-state index < -0.39 is 0 Å². The molecule has 9 heteroatoms. The zero-order valence-electron chi connectivity index (χ0n) is 18.8. The van der Waals surface area contributed by atoms with Crippen molar-refractivity contribution in [1.29, 1.82) is 0 Å². The first-order valence-corrected chi connectivity index (χ1v) is 11.4. The third-order valence-electron chi connectivity index (χ3n) is 5.65. The van der Waals surface area contributed by atoms with Crippen molar-refractivity contribution in [2.24, 2.45) is 0 Å². The second-order valence-corrected chi connectivity index (χ2v) is 8.21. The lowest BCUT2D eigenvalue weighted by Crippen LogP contribution is -2.35. The SMILES string of the molecule is CCOC(=O)c1ccc(N2CCCN(C(=O)c3cccc(NC(=O)NC4CC4)c3)CC2)nc1. The molecule has 1 saturated heterocycles. The number of ether oxygens (including phenoxy) is 1. The van der Waals surface area contributed by atoms with Gasteiger partial charge in [0.1, 0.15) is 5.82 Å². The molecule has 0 spiro atoms. The van der Waals surface area contributed by atoms with Crippen molar-refractivity contribution in [3.05, 3.63) is 53.7 Å². The summed E-state index contributed by atoms with van der Waals surface area (Å²) in [6.07, 6.45) is 4.36. The van der Waals surface area contributed by atoms with Crippen molar-refractivity contribution in [2.45, 2.75) is 32.2 Å². The van der Waals surface area contributed by atoms with Gasteiger partial charge in [-0.15, -0.1) is 0 Å². The molecular weight excluding hydrogens is 422 g/mol. The van der Waals surface area contributed by atoms with Crippen LogP contribution in [0.3, 0.4) is 0 Å². The first-order chi connectivity index (χ1) is 16.0. The number of anilines is 2. The van der Waals surface area contributed by atoms with Gasteiger partial charge >= 0.3 is 12.0 Å². The number of benzene rings is 1. The fourth-order valence-electron chi connectivity index (χ4n) is 3.75. The third-order valence-corrected chi connectivity index (χ3v) is 5.65. The topological polar surface area (TPSA) is 104 Å². The highest BCUT2D eigenvalue weighted by Crippen LogP contribution is 2.20. The molecule has 2 fully saturated rings. The lowest BCUT2D eigenvalue weighted by molar-refractivity contribution is 0.0525. The molecule has 0 bridgehead atoms. The zero-order valence-corrected chi connectivity index (χ0v) is 18.8. The molecule has 3 amide bonds. The van der Waals surface area contributed by atoms with Crippen LogP contribution in [0.5, 0.6) is 0 Å². The van der Waals surface area contributed by atoms with Crippen LogP contribution in [0.2, 0.25) is 0 Å². The van der Waals surface area contributed by atoms with Crippen molar-refractivity contribution in [1.82, 2.24) is 15.2 Å². The van der Waals surface area contributed by atoms with Crippen molar-refractivity contribution in [3.8, 4) is 0 Å². The van der Waals surface area contributed by atoms with Crippen LogP contribution < -0.4 is 15.5 Å². The molecule has 174 valence electrons. The van der Waals surface area contributed by atoms with E-state index in [1.165, 1.54) is 6.20 Å².